The first-order valence-corrected chi connectivity index (χ1v) is 10.6. The van der Waals surface area contributed by atoms with Gasteiger partial charge in [-0.15, -0.1) is 0 Å². The van der Waals surface area contributed by atoms with Crippen molar-refractivity contribution >= 4 is 11.7 Å². The van der Waals surface area contributed by atoms with Crippen molar-refractivity contribution in [2.45, 2.75) is 46.8 Å². The zero-order valence-electron chi connectivity index (χ0n) is 19.3. The minimum Gasteiger partial charge on any atom is -0.486 e. The average Bonchev–Trinajstić information content (AvgIpc) is 2.76. The Labute approximate surface area is 204 Å². The van der Waals surface area contributed by atoms with Crippen LogP contribution in [0.25, 0.3) is 0 Å². The number of benzene rings is 3. The highest BCUT2D eigenvalue weighted by Gasteiger charge is 2.17. The number of nitrogens with two attached hydrogens (primary N) is 2. The molecule has 3 aromatic rings. The second-order valence-electron chi connectivity index (χ2n) is 8.98. The van der Waals surface area contributed by atoms with E-state index in [-0.39, 0.29) is 60.4 Å². The number of hydrogen-bond donors (Lipinski definition) is 4. The second kappa shape index (κ2) is 11.0. The van der Waals surface area contributed by atoms with Gasteiger partial charge in [0.15, 0.2) is 23.1 Å². The van der Waals surface area contributed by atoms with Crippen LogP contribution in [0.15, 0.2) is 54.6 Å². The van der Waals surface area contributed by atoms with E-state index in [1.165, 1.54) is 24.3 Å². The number of halogens is 2. The van der Waals surface area contributed by atoms with Crippen LogP contribution in [0.2, 0.25) is 0 Å². The summed E-state index contributed by atoms with van der Waals surface area (Å²) in [6.45, 7) is 6.41. The van der Waals surface area contributed by atoms with Crippen molar-refractivity contribution in [3.05, 3.63) is 94.0 Å². The Hall–Kier alpha value is -3.94. The quantitative estimate of drug-likeness (QED) is 0.246. The number of ether oxygens (including phenoxy) is 2. The van der Waals surface area contributed by atoms with Crippen molar-refractivity contribution in [2.75, 3.05) is 0 Å². The third kappa shape index (κ3) is 7.02. The Balaban J connectivity index is 0.00000432. The summed E-state index contributed by atoms with van der Waals surface area (Å²) in [7, 11) is 0. The van der Waals surface area contributed by atoms with Crippen LogP contribution >= 0.6 is 0 Å². The third-order valence-electron chi connectivity index (χ3n) is 5.19. The molecule has 0 fully saturated rings. The van der Waals surface area contributed by atoms with Crippen LogP contribution in [0.1, 0.15) is 56.0 Å². The van der Waals surface area contributed by atoms with Gasteiger partial charge < -0.3 is 20.9 Å². The van der Waals surface area contributed by atoms with Gasteiger partial charge in [-0.3, -0.25) is 10.8 Å². The molecule has 186 valence electrons. The van der Waals surface area contributed by atoms with E-state index in [1.807, 2.05) is 18.2 Å². The Kier molecular flexibility index (Phi) is 8.57. The van der Waals surface area contributed by atoms with E-state index in [0.717, 1.165) is 28.8 Å². The topological polar surface area (TPSA) is 118 Å². The Morgan fingerprint density at radius 1 is 0.743 bits per heavy atom. The van der Waals surface area contributed by atoms with E-state index in [2.05, 4.69) is 20.8 Å². The predicted molar refractivity (Wildman–Crippen MR) is 135 cm³/mol. The normalized spacial score (nSPS) is 10.9. The number of hydrogen-bond acceptors (Lipinski definition) is 4. The predicted octanol–water partition coefficient (Wildman–Crippen LogP) is 5.62. The van der Waals surface area contributed by atoms with E-state index < -0.39 is 11.6 Å². The summed E-state index contributed by atoms with van der Waals surface area (Å²) in [5.41, 5.74) is 13.8. The zero-order valence-corrected chi connectivity index (χ0v) is 19.3. The summed E-state index contributed by atoms with van der Waals surface area (Å²) in [4.78, 5) is 0. The van der Waals surface area contributed by atoms with Crippen LogP contribution in [0.5, 0.6) is 11.5 Å². The molecule has 6 nitrogen and oxygen atoms in total. The van der Waals surface area contributed by atoms with Crippen LogP contribution in [-0.2, 0) is 18.6 Å². The molecule has 0 heterocycles. The Bertz CT molecular complexity index is 1150. The number of nitrogen functional groups attached to an aromatic ring is 2. The molecule has 0 aromatic heterocycles. The molecule has 8 heteroatoms. The molecule has 0 saturated carbocycles. The summed E-state index contributed by atoms with van der Waals surface area (Å²) in [6.07, 6.45) is 0. The molecule has 0 bridgehead atoms. The summed E-state index contributed by atoms with van der Waals surface area (Å²) in [5.74, 6) is -1.55. The highest BCUT2D eigenvalue weighted by atomic mass is 19.1. The number of rotatable bonds is 8. The number of nitrogens with one attached hydrogen (secondary N) is 2. The highest BCUT2D eigenvalue weighted by molar-refractivity contribution is 5.95. The van der Waals surface area contributed by atoms with Crippen molar-refractivity contribution in [3.63, 3.8) is 0 Å². The van der Waals surface area contributed by atoms with E-state index in [9.17, 15) is 8.78 Å². The largest absolute Gasteiger partial charge is 0.486 e. The monoisotopic (exact) mass is 482 g/mol. The Morgan fingerprint density at radius 2 is 1.14 bits per heavy atom. The van der Waals surface area contributed by atoms with Crippen molar-refractivity contribution in [1.82, 2.24) is 0 Å². The van der Waals surface area contributed by atoms with Crippen molar-refractivity contribution in [2.24, 2.45) is 11.5 Å². The Morgan fingerprint density at radius 3 is 1.46 bits per heavy atom. The van der Waals surface area contributed by atoms with Gasteiger partial charge >= 0.3 is 0 Å². The van der Waals surface area contributed by atoms with Crippen LogP contribution in [0.3, 0.4) is 0 Å². The maximum Gasteiger partial charge on any atom is 0.165 e. The fourth-order valence-electron chi connectivity index (χ4n) is 3.26. The lowest BCUT2D eigenvalue weighted by molar-refractivity contribution is 0.284. The van der Waals surface area contributed by atoms with Crippen LogP contribution in [0, 0.1) is 22.5 Å². The molecule has 0 aliphatic rings. The van der Waals surface area contributed by atoms with E-state index in [4.69, 9.17) is 31.8 Å². The standard InChI is InChI=1S/C26H28F2N4O2.CH4/c1-26(2,3)19-9-15(13-33-22-6-4-17(24(29)30)11-20(22)27)8-16(10-19)14-34-23-7-5-18(25(31)32)12-21(23)28;/h4-12H,13-14H2,1-3H3,(H3,29,30)(H3,31,32);1H4. The first-order chi connectivity index (χ1) is 15.9. The molecule has 0 unspecified atom stereocenters. The van der Waals surface area contributed by atoms with Gasteiger partial charge in [-0.25, -0.2) is 8.78 Å². The fourth-order valence-corrected chi connectivity index (χ4v) is 3.26. The molecule has 0 aliphatic heterocycles. The first kappa shape index (κ1) is 27.3. The molecule has 3 aromatic carbocycles. The van der Waals surface area contributed by atoms with Gasteiger partial charge in [0.1, 0.15) is 24.9 Å². The summed E-state index contributed by atoms with van der Waals surface area (Å²) >= 11 is 0. The molecular weight excluding hydrogens is 450 g/mol. The van der Waals surface area contributed by atoms with Crippen LogP contribution in [-0.4, -0.2) is 11.7 Å². The maximum absolute atomic E-state index is 14.3. The van der Waals surface area contributed by atoms with Gasteiger partial charge in [0.25, 0.3) is 0 Å². The van der Waals surface area contributed by atoms with Gasteiger partial charge in [0, 0.05) is 11.1 Å². The van der Waals surface area contributed by atoms with Crippen LogP contribution in [0.4, 0.5) is 8.78 Å². The summed E-state index contributed by atoms with van der Waals surface area (Å²) < 4.78 is 40.0. The molecule has 3 rings (SSSR count). The van der Waals surface area contributed by atoms with Crippen molar-refractivity contribution in [3.8, 4) is 11.5 Å². The zero-order chi connectivity index (χ0) is 25.0. The molecule has 0 amide bonds. The molecule has 0 atom stereocenters. The third-order valence-corrected chi connectivity index (χ3v) is 5.19. The van der Waals surface area contributed by atoms with Gasteiger partial charge in [-0.1, -0.05) is 40.3 Å². The van der Waals surface area contributed by atoms with Crippen LogP contribution < -0.4 is 20.9 Å². The average molecular weight is 483 g/mol. The fraction of sp³-hybridized carbons (Fsp3) is 0.259. The van der Waals surface area contributed by atoms with E-state index in [1.54, 1.807) is 0 Å². The lowest BCUT2D eigenvalue weighted by atomic mass is 9.85. The van der Waals surface area contributed by atoms with E-state index >= 15 is 0 Å². The number of amidine groups is 2. The minimum absolute atomic E-state index is 0. The van der Waals surface area contributed by atoms with Gasteiger partial charge in [0.2, 0.25) is 0 Å². The molecule has 0 radical (unpaired) electrons. The lowest BCUT2D eigenvalue weighted by Gasteiger charge is -2.22. The molecular formula is C27H32F2N4O2. The van der Waals surface area contributed by atoms with Crippen molar-refractivity contribution in [1.29, 1.82) is 10.8 Å². The summed E-state index contributed by atoms with van der Waals surface area (Å²) in [6, 6.07) is 14.1. The minimum atomic E-state index is -0.604. The van der Waals surface area contributed by atoms with E-state index in [0.29, 0.717) is 0 Å². The second-order valence-corrected chi connectivity index (χ2v) is 8.98. The van der Waals surface area contributed by atoms with Crippen molar-refractivity contribution < 1.29 is 18.3 Å². The molecule has 6 N–H and O–H groups in total. The summed E-state index contributed by atoms with van der Waals surface area (Å²) in [5, 5.41) is 14.8. The molecule has 35 heavy (non-hydrogen) atoms. The lowest BCUT2D eigenvalue weighted by Crippen LogP contribution is -2.14. The maximum atomic E-state index is 14.3. The molecule has 0 saturated heterocycles. The van der Waals surface area contributed by atoms with Gasteiger partial charge in [-0.05, 0) is 64.6 Å². The molecule has 0 spiro atoms. The van der Waals surface area contributed by atoms with Gasteiger partial charge in [0.05, 0.1) is 0 Å². The highest BCUT2D eigenvalue weighted by Crippen LogP contribution is 2.27. The van der Waals surface area contributed by atoms with Gasteiger partial charge in [-0.2, -0.15) is 0 Å². The first-order valence-electron chi connectivity index (χ1n) is 10.6. The molecule has 0 aliphatic carbocycles. The SMILES string of the molecule is C.CC(C)(C)c1cc(COc2ccc(C(=N)N)cc2F)cc(COc2ccc(C(=N)N)cc2F)c1. The smallest absolute Gasteiger partial charge is 0.165 e.